The zero-order valence-electron chi connectivity index (χ0n) is 7.63. The van der Waals surface area contributed by atoms with Gasteiger partial charge in [-0.1, -0.05) is 20.8 Å². The minimum atomic E-state index is -1.16. The first-order chi connectivity index (χ1) is 5.35. The van der Waals surface area contributed by atoms with E-state index in [4.69, 9.17) is 5.11 Å². The molecule has 2 N–H and O–H groups in total. The summed E-state index contributed by atoms with van der Waals surface area (Å²) in [5.74, 6) is 0. The molecule has 0 aliphatic heterocycles. The zero-order chi connectivity index (χ0) is 9.78. The second-order valence-corrected chi connectivity index (χ2v) is 3.96. The third-order valence-corrected chi connectivity index (χ3v) is 1.31. The molecule has 0 aromatic carbocycles. The molecular weight excluding hydrogens is 158 g/mol. The van der Waals surface area contributed by atoms with Gasteiger partial charge in [-0.25, -0.2) is 4.79 Å². The Kier molecular flexibility index (Phi) is 3.73. The van der Waals surface area contributed by atoms with Crippen LogP contribution in [0.25, 0.3) is 0 Å². The minimum absolute atomic E-state index is 0.0476. The van der Waals surface area contributed by atoms with Crippen molar-refractivity contribution >= 4 is 12.4 Å². The van der Waals surface area contributed by atoms with Gasteiger partial charge in [-0.05, 0) is 11.8 Å². The summed E-state index contributed by atoms with van der Waals surface area (Å²) in [6, 6.07) is -0.595. The highest BCUT2D eigenvalue weighted by Crippen LogP contribution is 2.19. The lowest BCUT2D eigenvalue weighted by Gasteiger charge is -2.21. The number of carboxylic acid groups (broad SMARTS) is 1. The summed E-state index contributed by atoms with van der Waals surface area (Å²) in [7, 11) is 0. The van der Waals surface area contributed by atoms with E-state index < -0.39 is 12.1 Å². The zero-order valence-corrected chi connectivity index (χ0v) is 7.63. The molecule has 0 spiro atoms. The third kappa shape index (κ3) is 5.70. The van der Waals surface area contributed by atoms with E-state index in [-0.39, 0.29) is 5.41 Å². The van der Waals surface area contributed by atoms with Crippen LogP contribution in [0.4, 0.5) is 4.79 Å². The summed E-state index contributed by atoms with van der Waals surface area (Å²) in [6.45, 7) is 5.85. The SMILES string of the molecule is CC(C)(C)C[C@@H](C=O)NC(=O)O. The largest absolute Gasteiger partial charge is 0.465 e. The second-order valence-electron chi connectivity index (χ2n) is 3.96. The fourth-order valence-electron chi connectivity index (χ4n) is 0.952. The molecule has 12 heavy (non-hydrogen) atoms. The van der Waals surface area contributed by atoms with Gasteiger partial charge in [0.2, 0.25) is 0 Å². The van der Waals surface area contributed by atoms with Crippen LogP contribution in [-0.4, -0.2) is 23.5 Å². The molecule has 0 fully saturated rings. The Labute approximate surface area is 72.0 Å². The van der Waals surface area contributed by atoms with E-state index in [1.54, 1.807) is 0 Å². The molecule has 0 bridgehead atoms. The van der Waals surface area contributed by atoms with Crippen LogP contribution in [0.2, 0.25) is 0 Å². The lowest BCUT2D eigenvalue weighted by molar-refractivity contribution is -0.110. The van der Waals surface area contributed by atoms with Crippen LogP contribution >= 0.6 is 0 Å². The normalized spacial score (nSPS) is 13.6. The predicted octanol–water partition coefficient (Wildman–Crippen LogP) is 1.26. The molecular formula is C8H15NO3. The molecule has 0 unspecified atom stereocenters. The molecule has 1 amide bonds. The highest BCUT2D eigenvalue weighted by molar-refractivity contribution is 5.71. The number of hydrogen-bond donors (Lipinski definition) is 2. The Morgan fingerprint density at radius 1 is 1.58 bits per heavy atom. The Hall–Kier alpha value is -1.06. The van der Waals surface area contributed by atoms with Crippen LogP contribution in [0, 0.1) is 5.41 Å². The van der Waals surface area contributed by atoms with Crippen LogP contribution in [0.1, 0.15) is 27.2 Å². The fraction of sp³-hybridized carbons (Fsp3) is 0.750. The van der Waals surface area contributed by atoms with E-state index in [0.29, 0.717) is 12.7 Å². The van der Waals surface area contributed by atoms with Crippen LogP contribution < -0.4 is 5.32 Å². The van der Waals surface area contributed by atoms with Gasteiger partial charge in [-0.15, -0.1) is 0 Å². The van der Waals surface area contributed by atoms with Crippen molar-refractivity contribution in [2.75, 3.05) is 0 Å². The number of rotatable bonds is 3. The quantitative estimate of drug-likeness (QED) is 0.631. The summed E-state index contributed by atoms with van der Waals surface area (Å²) < 4.78 is 0. The maximum Gasteiger partial charge on any atom is 0.405 e. The van der Waals surface area contributed by atoms with E-state index in [0.717, 1.165) is 0 Å². The first kappa shape index (κ1) is 10.9. The maximum atomic E-state index is 10.4. The summed E-state index contributed by atoms with van der Waals surface area (Å²) >= 11 is 0. The fourth-order valence-corrected chi connectivity index (χ4v) is 0.952. The van der Waals surface area contributed by atoms with E-state index in [2.05, 4.69) is 5.32 Å². The Balaban J connectivity index is 4.00. The highest BCUT2D eigenvalue weighted by Gasteiger charge is 2.19. The van der Waals surface area contributed by atoms with Gasteiger partial charge in [0.15, 0.2) is 0 Å². The van der Waals surface area contributed by atoms with Crippen molar-refractivity contribution in [3.05, 3.63) is 0 Å². The third-order valence-electron chi connectivity index (χ3n) is 1.31. The Morgan fingerprint density at radius 3 is 2.33 bits per heavy atom. The highest BCUT2D eigenvalue weighted by atomic mass is 16.4. The van der Waals surface area contributed by atoms with Gasteiger partial charge < -0.3 is 15.2 Å². The molecule has 0 aromatic heterocycles. The topological polar surface area (TPSA) is 66.4 Å². The maximum absolute atomic E-state index is 10.4. The molecule has 0 radical (unpaired) electrons. The number of amides is 1. The Bertz CT molecular complexity index is 172. The van der Waals surface area contributed by atoms with Crippen LogP contribution in [-0.2, 0) is 4.79 Å². The van der Waals surface area contributed by atoms with Gasteiger partial charge in [0.25, 0.3) is 0 Å². The van der Waals surface area contributed by atoms with Crippen molar-refractivity contribution in [3.8, 4) is 0 Å². The van der Waals surface area contributed by atoms with Gasteiger partial charge in [0, 0.05) is 0 Å². The van der Waals surface area contributed by atoms with Crippen molar-refractivity contribution in [2.24, 2.45) is 5.41 Å². The van der Waals surface area contributed by atoms with Gasteiger partial charge in [-0.3, -0.25) is 0 Å². The number of hydrogen-bond acceptors (Lipinski definition) is 2. The summed E-state index contributed by atoms with van der Waals surface area (Å²) in [5.41, 5.74) is -0.0476. The first-order valence-electron chi connectivity index (χ1n) is 3.80. The smallest absolute Gasteiger partial charge is 0.405 e. The molecule has 1 atom stereocenters. The Morgan fingerprint density at radius 2 is 2.08 bits per heavy atom. The lowest BCUT2D eigenvalue weighted by atomic mass is 9.88. The summed E-state index contributed by atoms with van der Waals surface area (Å²) in [4.78, 5) is 20.6. The number of carbonyl (C=O) groups excluding carboxylic acids is 1. The van der Waals surface area contributed by atoms with Gasteiger partial charge in [0.1, 0.15) is 6.29 Å². The average Bonchev–Trinajstić information content (AvgIpc) is 1.82. The van der Waals surface area contributed by atoms with Crippen LogP contribution in [0.5, 0.6) is 0 Å². The molecule has 0 saturated heterocycles. The lowest BCUT2D eigenvalue weighted by Crippen LogP contribution is -2.37. The van der Waals surface area contributed by atoms with Gasteiger partial charge >= 0.3 is 6.09 Å². The second kappa shape index (κ2) is 4.09. The van der Waals surface area contributed by atoms with Gasteiger partial charge in [-0.2, -0.15) is 0 Å². The average molecular weight is 173 g/mol. The number of nitrogens with one attached hydrogen (secondary N) is 1. The summed E-state index contributed by atoms with van der Waals surface area (Å²) in [6.07, 6.45) is -0.0151. The standard InChI is InChI=1S/C8H15NO3/c1-8(2,3)4-6(5-10)9-7(11)12/h5-6,9H,4H2,1-3H3,(H,11,12)/t6-/m0/s1. The monoisotopic (exact) mass is 173 g/mol. The van der Waals surface area contributed by atoms with E-state index in [9.17, 15) is 9.59 Å². The van der Waals surface area contributed by atoms with Crippen LogP contribution in [0.3, 0.4) is 0 Å². The first-order valence-corrected chi connectivity index (χ1v) is 3.80. The van der Waals surface area contributed by atoms with Crippen molar-refractivity contribution in [3.63, 3.8) is 0 Å². The molecule has 0 aromatic rings. The molecule has 4 nitrogen and oxygen atoms in total. The number of aldehydes is 1. The molecule has 0 saturated carbocycles. The number of carbonyl (C=O) groups is 2. The van der Waals surface area contributed by atoms with Crippen molar-refractivity contribution in [1.82, 2.24) is 5.32 Å². The molecule has 0 aliphatic rings. The minimum Gasteiger partial charge on any atom is -0.465 e. The molecule has 0 heterocycles. The summed E-state index contributed by atoms with van der Waals surface area (Å²) in [5, 5.41) is 10.5. The van der Waals surface area contributed by atoms with E-state index in [1.807, 2.05) is 20.8 Å². The van der Waals surface area contributed by atoms with Gasteiger partial charge in [0.05, 0.1) is 6.04 Å². The van der Waals surface area contributed by atoms with E-state index in [1.165, 1.54) is 0 Å². The van der Waals surface area contributed by atoms with Crippen LogP contribution in [0.15, 0.2) is 0 Å². The van der Waals surface area contributed by atoms with Crippen molar-refractivity contribution in [1.29, 1.82) is 0 Å². The molecule has 0 aliphatic carbocycles. The van der Waals surface area contributed by atoms with E-state index >= 15 is 0 Å². The molecule has 0 rings (SSSR count). The predicted molar refractivity (Wildman–Crippen MR) is 45.1 cm³/mol. The van der Waals surface area contributed by atoms with Crippen molar-refractivity contribution in [2.45, 2.75) is 33.2 Å². The molecule has 4 heteroatoms. The molecule has 70 valence electrons. The van der Waals surface area contributed by atoms with Crippen molar-refractivity contribution < 1.29 is 14.7 Å².